The number of nitrogens with one attached hydrogen (secondary N) is 1. The summed E-state index contributed by atoms with van der Waals surface area (Å²) >= 11 is 0. The van der Waals surface area contributed by atoms with Gasteiger partial charge in [-0.1, -0.05) is 6.92 Å². The quantitative estimate of drug-likeness (QED) is 0.881. The van der Waals surface area contributed by atoms with Crippen LogP contribution in [0.4, 0.5) is 0 Å². The van der Waals surface area contributed by atoms with Crippen molar-refractivity contribution in [3.63, 3.8) is 0 Å². The number of piperidine rings is 1. The van der Waals surface area contributed by atoms with Crippen LogP contribution in [0.1, 0.15) is 44.7 Å². The maximum atomic E-state index is 4.42. The summed E-state index contributed by atoms with van der Waals surface area (Å²) in [7, 11) is 2.28. The molecule has 2 unspecified atom stereocenters. The molecule has 2 fully saturated rings. The van der Waals surface area contributed by atoms with Crippen LogP contribution >= 0.6 is 0 Å². The Bertz CT molecular complexity index is 402. The number of nitrogens with zero attached hydrogens (tertiary/aromatic N) is 3. The molecule has 1 aromatic heterocycles. The standard InChI is InChI=1S/C15H26N4/c1-3-8-19-14(6-7-16-19)11-18(2)15-9-12-4-5-13(10-15)17-12/h6-7,12-13,15,17H,3-5,8-11H2,1-2H3. The number of fused-ring (bicyclic) bond motifs is 2. The first-order chi connectivity index (χ1) is 9.26. The van der Waals surface area contributed by atoms with Crippen LogP contribution in [-0.2, 0) is 13.1 Å². The Labute approximate surface area is 116 Å². The molecule has 0 amide bonds. The summed E-state index contributed by atoms with van der Waals surface area (Å²) in [6, 6.07) is 4.45. The largest absolute Gasteiger partial charge is 0.311 e. The molecule has 2 bridgehead atoms. The smallest absolute Gasteiger partial charge is 0.0524 e. The number of aromatic nitrogens is 2. The van der Waals surface area contributed by atoms with Crippen molar-refractivity contribution in [1.29, 1.82) is 0 Å². The zero-order valence-electron chi connectivity index (χ0n) is 12.2. The summed E-state index contributed by atoms with van der Waals surface area (Å²) in [6.07, 6.45) is 8.47. The number of hydrogen-bond acceptors (Lipinski definition) is 3. The lowest BCUT2D eigenvalue weighted by molar-refractivity contribution is 0.162. The average Bonchev–Trinajstić information content (AvgIpc) is 2.97. The van der Waals surface area contributed by atoms with E-state index in [0.29, 0.717) is 0 Å². The lowest BCUT2D eigenvalue weighted by atomic mass is 9.98. The Balaban J connectivity index is 1.61. The minimum absolute atomic E-state index is 0.740. The molecule has 2 aliphatic heterocycles. The molecule has 0 radical (unpaired) electrons. The second kappa shape index (κ2) is 5.63. The van der Waals surface area contributed by atoms with Crippen molar-refractivity contribution in [2.45, 2.75) is 70.2 Å². The molecule has 4 nitrogen and oxygen atoms in total. The van der Waals surface area contributed by atoms with Gasteiger partial charge in [0, 0.05) is 37.4 Å². The third-order valence-electron chi connectivity index (χ3n) is 4.72. The number of hydrogen-bond donors (Lipinski definition) is 1. The molecule has 3 heterocycles. The summed E-state index contributed by atoms with van der Waals surface area (Å²) in [5, 5.41) is 8.15. The Kier molecular flexibility index (Phi) is 3.89. The van der Waals surface area contributed by atoms with Crippen LogP contribution in [0, 0.1) is 0 Å². The van der Waals surface area contributed by atoms with Crippen LogP contribution in [0.25, 0.3) is 0 Å². The lowest BCUT2D eigenvalue weighted by Gasteiger charge is -2.35. The first kappa shape index (κ1) is 13.1. The van der Waals surface area contributed by atoms with Gasteiger partial charge in [0.15, 0.2) is 0 Å². The second-order valence-electron chi connectivity index (χ2n) is 6.22. The predicted octanol–water partition coefficient (Wildman–Crippen LogP) is 2.01. The van der Waals surface area contributed by atoms with Crippen LogP contribution in [0.15, 0.2) is 12.3 Å². The van der Waals surface area contributed by atoms with Crippen molar-refractivity contribution in [3.05, 3.63) is 18.0 Å². The normalized spacial score (nSPS) is 30.2. The van der Waals surface area contributed by atoms with Gasteiger partial charge >= 0.3 is 0 Å². The molecule has 2 aliphatic rings. The van der Waals surface area contributed by atoms with E-state index in [1.807, 2.05) is 6.20 Å². The van der Waals surface area contributed by atoms with Crippen LogP contribution in [0.2, 0.25) is 0 Å². The van der Waals surface area contributed by atoms with Gasteiger partial charge < -0.3 is 5.32 Å². The van der Waals surface area contributed by atoms with Crippen LogP contribution in [0.5, 0.6) is 0 Å². The fraction of sp³-hybridized carbons (Fsp3) is 0.800. The molecule has 106 valence electrons. The summed E-state index contributed by atoms with van der Waals surface area (Å²) in [6.45, 7) is 4.28. The minimum atomic E-state index is 0.740. The minimum Gasteiger partial charge on any atom is -0.311 e. The summed E-state index contributed by atoms with van der Waals surface area (Å²) in [5.74, 6) is 0. The van der Waals surface area contributed by atoms with Gasteiger partial charge in [0.1, 0.15) is 0 Å². The molecule has 19 heavy (non-hydrogen) atoms. The van der Waals surface area contributed by atoms with Crippen molar-refractivity contribution < 1.29 is 0 Å². The Morgan fingerprint density at radius 2 is 2.11 bits per heavy atom. The van der Waals surface area contributed by atoms with Gasteiger partial charge in [0.25, 0.3) is 0 Å². The molecule has 3 rings (SSSR count). The third-order valence-corrected chi connectivity index (χ3v) is 4.72. The molecule has 4 heteroatoms. The fourth-order valence-corrected chi connectivity index (χ4v) is 3.68. The van der Waals surface area contributed by atoms with E-state index < -0.39 is 0 Å². The van der Waals surface area contributed by atoms with Crippen molar-refractivity contribution >= 4 is 0 Å². The molecule has 0 aromatic carbocycles. The Hall–Kier alpha value is -0.870. The van der Waals surface area contributed by atoms with Crippen molar-refractivity contribution in [1.82, 2.24) is 20.0 Å². The lowest BCUT2D eigenvalue weighted by Crippen LogP contribution is -2.46. The summed E-state index contributed by atoms with van der Waals surface area (Å²) in [5.41, 5.74) is 1.36. The van der Waals surface area contributed by atoms with E-state index >= 15 is 0 Å². The van der Waals surface area contributed by atoms with Gasteiger partial charge in [0.2, 0.25) is 0 Å². The molecule has 2 atom stereocenters. The predicted molar refractivity (Wildman–Crippen MR) is 77.0 cm³/mol. The van der Waals surface area contributed by atoms with E-state index in [9.17, 15) is 0 Å². The molecule has 0 spiro atoms. The molecule has 0 saturated carbocycles. The van der Waals surface area contributed by atoms with E-state index in [1.165, 1.54) is 31.4 Å². The van der Waals surface area contributed by atoms with Crippen molar-refractivity contribution in [3.8, 4) is 0 Å². The van der Waals surface area contributed by atoms with Crippen LogP contribution < -0.4 is 5.32 Å². The zero-order chi connectivity index (χ0) is 13.2. The van der Waals surface area contributed by atoms with Crippen LogP contribution in [-0.4, -0.2) is 39.9 Å². The van der Waals surface area contributed by atoms with Gasteiger partial charge in [-0.05, 0) is 45.2 Å². The topological polar surface area (TPSA) is 33.1 Å². The van der Waals surface area contributed by atoms with E-state index in [2.05, 4.69) is 40.0 Å². The molecule has 1 aromatic rings. The highest BCUT2D eigenvalue weighted by Crippen LogP contribution is 2.29. The molecule has 2 saturated heterocycles. The number of rotatable bonds is 5. The maximum Gasteiger partial charge on any atom is 0.0524 e. The highest BCUT2D eigenvalue weighted by molar-refractivity contribution is 5.02. The van der Waals surface area contributed by atoms with Gasteiger partial charge in [-0.25, -0.2) is 0 Å². The number of aryl methyl sites for hydroxylation is 1. The molecule has 1 N–H and O–H groups in total. The third kappa shape index (κ3) is 2.84. The monoisotopic (exact) mass is 262 g/mol. The molecular weight excluding hydrogens is 236 g/mol. The fourth-order valence-electron chi connectivity index (χ4n) is 3.68. The first-order valence-corrected chi connectivity index (χ1v) is 7.73. The van der Waals surface area contributed by atoms with E-state index in [4.69, 9.17) is 0 Å². The highest BCUT2D eigenvalue weighted by Gasteiger charge is 2.35. The van der Waals surface area contributed by atoms with E-state index in [1.54, 1.807) is 0 Å². The van der Waals surface area contributed by atoms with Gasteiger partial charge in [-0.15, -0.1) is 0 Å². The highest BCUT2D eigenvalue weighted by atomic mass is 15.3. The Morgan fingerprint density at radius 3 is 2.79 bits per heavy atom. The van der Waals surface area contributed by atoms with Crippen molar-refractivity contribution in [2.24, 2.45) is 0 Å². The zero-order valence-corrected chi connectivity index (χ0v) is 12.2. The first-order valence-electron chi connectivity index (χ1n) is 7.73. The SMILES string of the molecule is CCCn1nccc1CN(C)C1CC2CCC(C1)N2. The van der Waals surface area contributed by atoms with Gasteiger partial charge in [-0.3, -0.25) is 9.58 Å². The molecule has 0 aliphatic carbocycles. The Morgan fingerprint density at radius 1 is 1.37 bits per heavy atom. The van der Waals surface area contributed by atoms with Gasteiger partial charge in [0.05, 0.1) is 5.69 Å². The average molecular weight is 262 g/mol. The second-order valence-corrected chi connectivity index (χ2v) is 6.22. The van der Waals surface area contributed by atoms with Crippen LogP contribution in [0.3, 0.4) is 0 Å². The van der Waals surface area contributed by atoms with E-state index in [0.717, 1.165) is 37.6 Å². The van der Waals surface area contributed by atoms with Crippen molar-refractivity contribution in [2.75, 3.05) is 7.05 Å². The summed E-state index contributed by atoms with van der Waals surface area (Å²) < 4.78 is 2.16. The summed E-state index contributed by atoms with van der Waals surface area (Å²) in [4.78, 5) is 2.54. The molecular formula is C15H26N4. The van der Waals surface area contributed by atoms with E-state index in [-0.39, 0.29) is 0 Å². The maximum absolute atomic E-state index is 4.42. The van der Waals surface area contributed by atoms with Gasteiger partial charge in [-0.2, -0.15) is 5.10 Å².